The number of anilines is 2. The van der Waals surface area contributed by atoms with E-state index in [-0.39, 0.29) is 17.2 Å². The molecule has 1 unspecified atom stereocenters. The highest BCUT2D eigenvalue weighted by molar-refractivity contribution is 6.51. The minimum Gasteiger partial charge on any atom is -0.507 e. The van der Waals surface area contributed by atoms with Gasteiger partial charge in [-0.1, -0.05) is 18.2 Å². The molecule has 1 fully saturated rings. The van der Waals surface area contributed by atoms with Gasteiger partial charge >= 0.3 is 0 Å². The van der Waals surface area contributed by atoms with Crippen molar-refractivity contribution in [3.63, 3.8) is 0 Å². The Bertz CT molecular complexity index is 1360. The van der Waals surface area contributed by atoms with E-state index in [1.807, 2.05) is 18.2 Å². The molecular weight excluding hydrogens is 442 g/mol. The van der Waals surface area contributed by atoms with Crippen LogP contribution in [0, 0.1) is 0 Å². The number of pyridine rings is 1. The molecule has 1 saturated heterocycles. The first-order valence-corrected chi connectivity index (χ1v) is 11.6. The van der Waals surface area contributed by atoms with E-state index in [0.717, 1.165) is 31.2 Å². The van der Waals surface area contributed by atoms with E-state index in [1.54, 1.807) is 48.8 Å². The summed E-state index contributed by atoms with van der Waals surface area (Å²) >= 11 is 0. The van der Waals surface area contributed by atoms with E-state index in [2.05, 4.69) is 10.3 Å². The second-order valence-electron chi connectivity index (χ2n) is 8.87. The number of carbonyl (C=O) groups excluding carboxylic acids is 3. The van der Waals surface area contributed by atoms with Crippen LogP contribution in [0.5, 0.6) is 0 Å². The summed E-state index contributed by atoms with van der Waals surface area (Å²) in [6.07, 6.45) is 7.33. The lowest BCUT2D eigenvalue weighted by molar-refractivity contribution is -0.132. The molecule has 176 valence electrons. The smallest absolute Gasteiger partial charge is 0.300 e. The normalized spacial score (nSPS) is 18.9. The lowest BCUT2D eigenvalue weighted by Gasteiger charge is -2.26. The minimum absolute atomic E-state index is 0.0295. The number of aromatic nitrogens is 1. The molecule has 2 aromatic carbocycles. The Kier molecular flexibility index (Phi) is 5.91. The maximum atomic E-state index is 13.3. The van der Waals surface area contributed by atoms with Crippen LogP contribution in [0.25, 0.3) is 5.76 Å². The molecule has 3 aromatic rings. The third-order valence-corrected chi connectivity index (χ3v) is 6.53. The van der Waals surface area contributed by atoms with Gasteiger partial charge in [0.25, 0.3) is 11.7 Å². The van der Waals surface area contributed by atoms with Gasteiger partial charge in [-0.15, -0.1) is 0 Å². The van der Waals surface area contributed by atoms with Crippen LogP contribution in [-0.2, 0) is 27.2 Å². The average molecular weight is 468 g/mol. The van der Waals surface area contributed by atoms with Crippen molar-refractivity contribution in [2.45, 2.75) is 38.6 Å². The van der Waals surface area contributed by atoms with E-state index < -0.39 is 17.7 Å². The molecule has 1 aromatic heterocycles. The summed E-state index contributed by atoms with van der Waals surface area (Å²) in [4.78, 5) is 43.7. The Morgan fingerprint density at radius 3 is 2.49 bits per heavy atom. The van der Waals surface area contributed by atoms with E-state index in [4.69, 9.17) is 0 Å². The molecule has 1 aliphatic carbocycles. The van der Waals surface area contributed by atoms with Crippen molar-refractivity contribution in [3.05, 3.63) is 94.8 Å². The number of hydrogen-bond donors (Lipinski definition) is 2. The van der Waals surface area contributed by atoms with Crippen LogP contribution >= 0.6 is 0 Å². The molecule has 2 amide bonds. The van der Waals surface area contributed by atoms with Gasteiger partial charge in [0, 0.05) is 36.3 Å². The van der Waals surface area contributed by atoms with E-state index >= 15 is 0 Å². The largest absolute Gasteiger partial charge is 0.507 e. The number of Topliss-reactive ketones (excluding diaryl/α,β-unsaturated/α-hetero) is 1. The van der Waals surface area contributed by atoms with Crippen molar-refractivity contribution in [2.75, 3.05) is 10.2 Å². The van der Waals surface area contributed by atoms with Crippen LogP contribution in [0.15, 0.2) is 72.6 Å². The number of nitrogens with one attached hydrogen (secondary N) is 1. The van der Waals surface area contributed by atoms with Gasteiger partial charge in [-0.3, -0.25) is 24.3 Å². The van der Waals surface area contributed by atoms with Crippen LogP contribution in [0.3, 0.4) is 0 Å². The number of nitrogens with zero attached hydrogens (tertiary/aromatic N) is 2. The molecule has 2 heterocycles. The van der Waals surface area contributed by atoms with Gasteiger partial charge in [0.05, 0.1) is 11.6 Å². The monoisotopic (exact) mass is 467 g/mol. The Hall–Kier alpha value is -4.26. The van der Waals surface area contributed by atoms with Gasteiger partial charge in [0.15, 0.2) is 0 Å². The van der Waals surface area contributed by atoms with E-state index in [9.17, 15) is 19.5 Å². The standard InChI is InChI=1S/C28H25N3O4/c1-17(32)30-22-7-4-8-23(16-22)31-25(19-11-13-29-14-12-19)24(27(34)28(31)35)26(33)21-10-9-18-5-2-3-6-20(18)15-21/h4,7-16,25,33H,2-3,5-6H2,1H3,(H,30,32)/b26-24-. The van der Waals surface area contributed by atoms with E-state index in [1.165, 1.54) is 17.4 Å². The van der Waals surface area contributed by atoms with Crippen LogP contribution in [0.2, 0.25) is 0 Å². The first-order valence-electron chi connectivity index (χ1n) is 11.6. The van der Waals surface area contributed by atoms with Gasteiger partial charge in [-0.25, -0.2) is 0 Å². The van der Waals surface area contributed by atoms with Crippen molar-refractivity contribution < 1.29 is 19.5 Å². The Morgan fingerprint density at radius 1 is 1.00 bits per heavy atom. The van der Waals surface area contributed by atoms with Crippen LogP contribution < -0.4 is 10.2 Å². The number of rotatable bonds is 4. The highest BCUT2D eigenvalue weighted by Crippen LogP contribution is 2.42. The van der Waals surface area contributed by atoms with Gasteiger partial charge < -0.3 is 10.4 Å². The molecule has 5 rings (SSSR count). The first kappa shape index (κ1) is 22.5. The molecule has 1 aliphatic heterocycles. The zero-order valence-electron chi connectivity index (χ0n) is 19.3. The summed E-state index contributed by atoms with van der Waals surface area (Å²) < 4.78 is 0. The first-order chi connectivity index (χ1) is 16.9. The molecule has 0 radical (unpaired) electrons. The van der Waals surface area contributed by atoms with Crippen LogP contribution in [-0.4, -0.2) is 27.7 Å². The number of carbonyl (C=O) groups is 3. The second kappa shape index (κ2) is 9.18. The lowest BCUT2D eigenvalue weighted by Crippen LogP contribution is -2.29. The molecule has 0 spiro atoms. The van der Waals surface area contributed by atoms with Crippen molar-refractivity contribution in [1.82, 2.24) is 4.98 Å². The summed E-state index contributed by atoms with van der Waals surface area (Å²) in [6.45, 7) is 1.40. The summed E-state index contributed by atoms with van der Waals surface area (Å²) in [5, 5.41) is 14.1. The quantitative estimate of drug-likeness (QED) is 0.333. The van der Waals surface area contributed by atoms with Crippen molar-refractivity contribution in [1.29, 1.82) is 0 Å². The number of aliphatic hydroxyl groups is 1. The lowest BCUT2D eigenvalue weighted by atomic mass is 9.89. The number of fused-ring (bicyclic) bond motifs is 1. The number of hydrogen-bond acceptors (Lipinski definition) is 5. The highest BCUT2D eigenvalue weighted by atomic mass is 16.3. The number of ketones is 1. The number of amides is 2. The fraction of sp³-hybridized carbons (Fsp3) is 0.214. The minimum atomic E-state index is -0.846. The number of benzene rings is 2. The molecule has 35 heavy (non-hydrogen) atoms. The molecule has 0 bridgehead atoms. The Morgan fingerprint density at radius 2 is 1.74 bits per heavy atom. The molecule has 2 aliphatic rings. The maximum absolute atomic E-state index is 13.3. The highest BCUT2D eigenvalue weighted by Gasteiger charge is 2.47. The van der Waals surface area contributed by atoms with Crippen LogP contribution in [0.4, 0.5) is 11.4 Å². The van der Waals surface area contributed by atoms with Gasteiger partial charge in [0.1, 0.15) is 5.76 Å². The van der Waals surface area contributed by atoms with E-state index in [0.29, 0.717) is 22.5 Å². The van der Waals surface area contributed by atoms with Crippen LogP contribution in [0.1, 0.15) is 48.1 Å². The topological polar surface area (TPSA) is 99.6 Å². The van der Waals surface area contributed by atoms with Crippen molar-refractivity contribution in [2.24, 2.45) is 0 Å². The molecular formula is C28H25N3O4. The van der Waals surface area contributed by atoms with Gasteiger partial charge in [0.2, 0.25) is 5.91 Å². The number of aliphatic hydroxyl groups excluding tert-OH is 1. The summed E-state index contributed by atoms with van der Waals surface area (Å²) in [6, 6.07) is 15.1. The average Bonchev–Trinajstić information content (AvgIpc) is 3.14. The van der Waals surface area contributed by atoms with Crippen molar-refractivity contribution >= 4 is 34.7 Å². The summed E-state index contributed by atoms with van der Waals surface area (Å²) in [7, 11) is 0. The predicted molar refractivity (Wildman–Crippen MR) is 133 cm³/mol. The molecule has 2 N–H and O–H groups in total. The van der Waals surface area contributed by atoms with Crippen molar-refractivity contribution in [3.8, 4) is 0 Å². The van der Waals surface area contributed by atoms with Gasteiger partial charge in [-0.2, -0.15) is 0 Å². The molecule has 7 nitrogen and oxygen atoms in total. The fourth-order valence-corrected chi connectivity index (χ4v) is 4.93. The maximum Gasteiger partial charge on any atom is 0.300 e. The molecule has 7 heteroatoms. The number of aryl methyl sites for hydroxylation is 2. The SMILES string of the molecule is CC(=O)Nc1cccc(N2C(=O)C(=O)/C(=C(\O)c3ccc4c(c3)CCCC4)C2c2ccncc2)c1. The van der Waals surface area contributed by atoms with Gasteiger partial charge in [-0.05, 0) is 78.8 Å². The third-order valence-electron chi connectivity index (χ3n) is 6.53. The Balaban J connectivity index is 1.66. The molecule has 0 saturated carbocycles. The molecule has 1 atom stereocenters. The predicted octanol–water partition coefficient (Wildman–Crippen LogP) is 4.55. The second-order valence-corrected chi connectivity index (χ2v) is 8.87. The zero-order valence-corrected chi connectivity index (χ0v) is 19.3. The summed E-state index contributed by atoms with van der Waals surface area (Å²) in [5.41, 5.74) is 4.55. The zero-order chi connectivity index (χ0) is 24.5. The fourth-order valence-electron chi connectivity index (χ4n) is 4.93. The summed E-state index contributed by atoms with van der Waals surface area (Å²) in [5.74, 6) is -1.94. The Labute approximate surface area is 203 Å². The third kappa shape index (κ3) is 4.21.